The van der Waals surface area contributed by atoms with Crippen LogP contribution in [-0.2, 0) is 4.79 Å². The Kier molecular flexibility index (Phi) is 6.59. The van der Waals surface area contributed by atoms with E-state index in [2.05, 4.69) is 11.9 Å². The molecular formula is C17H25NO3. The zero-order valence-electron chi connectivity index (χ0n) is 13.0. The number of aryl methyl sites for hydroxylation is 3. The number of hydrogen-bond donors (Lipinski definition) is 3. The van der Waals surface area contributed by atoms with Gasteiger partial charge in [-0.3, -0.25) is 4.79 Å². The second-order valence-electron chi connectivity index (χ2n) is 5.49. The molecule has 0 aromatic heterocycles. The molecule has 0 radical (unpaired) electrons. The van der Waals surface area contributed by atoms with Crippen LogP contribution in [0.1, 0.15) is 41.2 Å². The van der Waals surface area contributed by atoms with Crippen LogP contribution in [0.3, 0.4) is 0 Å². The zero-order valence-corrected chi connectivity index (χ0v) is 13.0. The maximum absolute atomic E-state index is 10.8. The molecule has 2 unspecified atom stereocenters. The summed E-state index contributed by atoms with van der Waals surface area (Å²) >= 11 is 0. The van der Waals surface area contributed by atoms with E-state index in [9.17, 15) is 9.90 Å². The van der Waals surface area contributed by atoms with Crippen LogP contribution >= 0.6 is 0 Å². The van der Waals surface area contributed by atoms with Gasteiger partial charge in [-0.25, -0.2) is 0 Å². The van der Waals surface area contributed by atoms with Crippen LogP contribution in [0.4, 0.5) is 0 Å². The number of carboxylic acid groups (broad SMARTS) is 1. The molecule has 0 amide bonds. The van der Waals surface area contributed by atoms with Gasteiger partial charge in [0.1, 0.15) is 0 Å². The average molecular weight is 291 g/mol. The summed E-state index contributed by atoms with van der Waals surface area (Å²) in [5, 5.41) is 22.7. The minimum Gasteiger partial charge on any atom is -0.481 e. The predicted molar refractivity (Wildman–Crippen MR) is 84.5 cm³/mol. The summed E-state index contributed by atoms with van der Waals surface area (Å²) in [7, 11) is 0. The van der Waals surface area contributed by atoms with Crippen molar-refractivity contribution in [1.82, 2.24) is 5.32 Å². The molecule has 2 atom stereocenters. The van der Waals surface area contributed by atoms with Gasteiger partial charge in [-0.05, 0) is 43.9 Å². The highest BCUT2D eigenvalue weighted by molar-refractivity contribution is 5.66. The largest absolute Gasteiger partial charge is 0.481 e. The monoisotopic (exact) mass is 291 g/mol. The molecule has 0 heterocycles. The summed E-state index contributed by atoms with van der Waals surface area (Å²) in [6.07, 6.45) is 1.37. The van der Waals surface area contributed by atoms with Crippen molar-refractivity contribution in [3.05, 3.63) is 47.0 Å². The van der Waals surface area contributed by atoms with Crippen molar-refractivity contribution < 1.29 is 15.0 Å². The van der Waals surface area contributed by atoms with E-state index >= 15 is 0 Å². The van der Waals surface area contributed by atoms with Gasteiger partial charge in [0, 0.05) is 19.0 Å². The first-order valence-electron chi connectivity index (χ1n) is 7.18. The van der Waals surface area contributed by atoms with Gasteiger partial charge < -0.3 is 15.5 Å². The highest BCUT2D eigenvalue weighted by Crippen LogP contribution is 2.27. The van der Waals surface area contributed by atoms with Gasteiger partial charge in [-0.1, -0.05) is 23.8 Å². The Morgan fingerprint density at radius 3 is 2.38 bits per heavy atom. The first kappa shape index (κ1) is 17.4. The molecule has 0 aliphatic carbocycles. The molecule has 3 N–H and O–H groups in total. The normalized spacial score (nSPS) is 13.7. The number of rotatable bonds is 8. The third-order valence-corrected chi connectivity index (χ3v) is 3.61. The van der Waals surface area contributed by atoms with Crippen LogP contribution < -0.4 is 5.32 Å². The predicted octanol–water partition coefficient (Wildman–Crippen LogP) is 2.65. The van der Waals surface area contributed by atoms with Gasteiger partial charge >= 0.3 is 5.97 Å². The van der Waals surface area contributed by atoms with Crippen molar-refractivity contribution in [3.8, 4) is 0 Å². The summed E-state index contributed by atoms with van der Waals surface area (Å²) in [5.74, 6) is -0.857. The van der Waals surface area contributed by atoms with Gasteiger partial charge in [0.05, 0.1) is 6.10 Å². The summed E-state index contributed by atoms with van der Waals surface area (Å²) in [6, 6.07) is 3.76. The van der Waals surface area contributed by atoms with Crippen molar-refractivity contribution >= 4 is 5.97 Å². The lowest BCUT2D eigenvalue weighted by Crippen LogP contribution is -2.36. The van der Waals surface area contributed by atoms with Crippen LogP contribution in [0.25, 0.3) is 0 Å². The number of carbonyl (C=O) groups is 1. The first-order chi connectivity index (χ1) is 9.86. The van der Waals surface area contributed by atoms with Crippen molar-refractivity contribution in [2.24, 2.45) is 0 Å². The van der Waals surface area contributed by atoms with E-state index in [1.54, 1.807) is 6.08 Å². The van der Waals surface area contributed by atoms with Crippen LogP contribution in [0.15, 0.2) is 24.8 Å². The van der Waals surface area contributed by atoms with Crippen LogP contribution in [0.2, 0.25) is 0 Å². The molecule has 4 nitrogen and oxygen atoms in total. The molecule has 0 bridgehead atoms. The van der Waals surface area contributed by atoms with Crippen molar-refractivity contribution in [2.75, 3.05) is 6.54 Å². The minimum absolute atomic E-state index is 0.0236. The fraction of sp³-hybridized carbons (Fsp3) is 0.471. The summed E-state index contributed by atoms with van der Waals surface area (Å²) in [5.41, 5.74) is 4.09. The van der Waals surface area contributed by atoms with Gasteiger partial charge in [-0.15, -0.1) is 6.58 Å². The van der Waals surface area contributed by atoms with Gasteiger partial charge in [0.2, 0.25) is 0 Å². The Morgan fingerprint density at radius 1 is 1.33 bits per heavy atom. The van der Waals surface area contributed by atoms with E-state index < -0.39 is 12.1 Å². The molecular weight excluding hydrogens is 266 g/mol. The molecule has 116 valence electrons. The third-order valence-electron chi connectivity index (χ3n) is 3.61. The quantitative estimate of drug-likeness (QED) is 0.644. The summed E-state index contributed by atoms with van der Waals surface area (Å²) in [6.45, 7) is 10.1. The van der Waals surface area contributed by atoms with Crippen LogP contribution in [-0.4, -0.2) is 28.8 Å². The molecule has 0 fully saturated rings. The van der Waals surface area contributed by atoms with E-state index in [1.807, 2.05) is 32.9 Å². The number of carboxylic acids is 1. The number of aliphatic hydroxyl groups excluding tert-OH is 1. The molecule has 1 aromatic carbocycles. The van der Waals surface area contributed by atoms with E-state index in [0.717, 1.165) is 22.3 Å². The molecule has 0 aliphatic rings. The van der Waals surface area contributed by atoms with Crippen molar-refractivity contribution in [2.45, 2.75) is 45.8 Å². The second kappa shape index (κ2) is 7.96. The molecule has 1 aromatic rings. The van der Waals surface area contributed by atoms with E-state index in [1.165, 1.54) is 0 Å². The van der Waals surface area contributed by atoms with Crippen LogP contribution in [0.5, 0.6) is 0 Å². The lowest BCUT2D eigenvalue weighted by atomic mass is 9.90. The van der Waals surface area contributed by atoms with E-state index in [-0.39, 0.29) is 12.5 Å². The average Bonchev–Trinajstić information content (AvgIpc) is 2.37. The fourth-order valence-corrected chi connectivity index (χ4v) is 2.74. The smallest absolute Gasteiger partial charge is 0.303 e. The topological polar surface area (TPSA) is 69.6 Å². The van der Waals surface area contributed by atoms with Gasteiger partial charge in [0.25, 0.3) is 0 Å². The van der Waals surface area contributed by atoms with Crippen molar-refractivity contribution in [1.29, 1.82) is 0 Å². The SMILES string of the molecule is C=CCNC(CCC(=O)O)C(O)c1c(C)cc(C)cc1C. The molecule has 0 aliphatic heterocycles. The Labute approximate surface area is 126 Å². The third kappa shape index (κ3) is 4.99. The fourth-order valence-electron chi connectivity index (χ4n) is 2.74. The molecule has 4 heteroatoms. The van der Waals surface area contributed by atoms with Gasteiger partial charge in [-0.2, -0.15) is 0 Å². The second-order valence-corrected chi connectivity index (χ2v) is 5.49. The Morgan fingerprint density at radius 2 is 1.90 bits per heavy atom. The Hall–Kier alpha value is -1.65. The maximum atomic E-state index is 10.8. The summed E-state index contributed by atoms with van der Waals surface area (Å²) in [4.78, 5) is 10.8. The Bertz CT molecular complexity index is 488. The molecule has 1 rings (SSSR count). The van der Waals surface area contributed by atoms with E-state index in [0.29, 0.717) is 13.0 Å². The number of hydrogen-bond acceptors (Lipinski definition) is 3. The number of aliphatic carboxylic acids is 1. The van der Waals surface area contributed by atoms with Gasteiger partial charge in [0.15, 0.2) is 0 Å². The highest BCUT2D eigenvalue weighted by atomic mass is 16.4. The number of benzene rings is 1. The highest BCUT2D eigenvalue weighted by Gasteiger charge is 2.24. The lowest BCUT2D eigenvalue weighted by Gasteiger charge is -2.26. The van der Waals surface area contributed by atoms with Crippen LogP contribution in [0, 0.1) is 20.8 Å². The standard InChI is InChI=1S/C17H25NO3/c1-5-8-18-14(6-7-15(19)20)17(21)16-12(3)9-11(2)10-13(16)4/h5,9-10,14,17-18,21H,1,6-8H2,2-4H3,(H,19,20). The molecule has 0 spiro atoms. The number of aliphatic hydroxyl groups is 1. The lowest BCUT2D eigenvalue weighted by molar-refractivity contribution is -0.137. The van der Waals surface area contributed by atoms with Crippen molar-refractivity contribution in [3.63, 3.8) is 0 Å². The number of nitrogens with one attached hydrogen (secondary N) is 1. The van der Waals surface area contributed by atoms with E-state index in [4.69, 9.17) is 5.11 Å². The Balaban J connectivity index is 3.00. The minimum atomic E-state index is -0.857. The molecule has 0 saturated carbocycles. The molecule has 21 heavy (non-hydrogen) atoms. The first-order valence-corrected chi connectivity index (χ1v) is 7.18. The molecule has 0 saturated heterocycles. The zero-order chi connectivity index (χ0) is 16.0. The summed E-state index contributed by atoms with van der Waals surface area (Å²) < 4.78 is 0. The maximum Gasteiger partial charge on any atom is 0.303 e.